The van der Waals surface area contributed by atoms with Gasteiger partial charge in [0.05, 0.1) is 18.9 Å². The molecule has 0 radical (unpaired) electrons. The van der Waals surface area contributed by atoms with Gasteiger partial charge in [-0.3, -0.25) is 4.57 Å². The van der Waals surface area contributed by atoms with E-state index in [9.17, 15) is 0 Å². The van der Waals surface area contributed by atoms with Crippen LogP contribution in [0.25, 0.3) is 17.2 Å². The van der Waals surface area contributed by atoms with Crippen LogP contribution in [-0.2, 0) is 4.74 Å². The second-order valence-corrected chi connectivity index (χ2v) is 6.38. The highest BCUT2D eigenvalue weighted by atomic mass is 35.5. The molecular formula is C15H19ClN6OS. The van der Waals surface area contributed by atoms with E-state index in [1.165, 1.54) is 6.33 Å². The molecule has 4 rings (SSSR count). The van der Waals surface area contributed by atoms with Gasteiger partial charge in [-0.1, -0.05) is 0 Å². The first-order valence-electron chi connectivity index (χ1n) is 7.57. The number of halogens is 1. The van der Waals surface area contributed by atoms with Crippen molar-refractivity contribution in [2.45, 2.75) is 13.8 Å². The zero-order chi connectivity index (χ0) is 15.8. The highest BCUT2D eigenvalue weighted by Crippen LogP contribution is 2.32. The fourth-order valence-electron chi connectivity index (χ4n) is 2.94. The van der Waals surface area contributed by atoms with Crippen LogP contribution >= 0.6 is 23.7 Å². The summed E-state index contributed by atoms with van der Waals surface area (Å²) in [6, 6.07) is 2.15. The molecule has 128 valence electrons. The fraction of sp³-hybridized carbons (Fsp3) is 0.400. The summed E-state index contributed by atoms with van der Waals surface area (Å²) in [4.78, 5) is 11.4. The van der Waals surface area contributed by atoms with E-state index in [4.69, 9.17) is 9.72 Å². The van der Waals surface area contributed by atoms with Crippen LogP contribution in [0.4, 0.5) is 5.13 Å². The molecule has 0 saturated carbocycles. The fourth-order valence-corrected chi connectivity index (χ4v) is 3.82. The van der Waals surface area contributed by atoms with Gasteiger partial charge in [0, 0.05) is 35.4 Å². The predicted molar refractivity (Wildman–Crippen MR) is 96.6 cm³/mol. The molecule has 1 N–H and O–H groups in total. The van der Waals surface area contributed by atoms with Crippen LogP contribution in [0.15, 0.2) is 17.8 Å². The van der Waals surface area contributed by atoms with E-state index in [0.717, 1.165) is 60.0 Å². The SMILES string of the molecule is Cc1cc(-c2csc(N3CCOCC3)n2)c(C)n1-c1ncn[nH]1.Cl. The van der Waals surface area contributed by atoms with E-state index in [2.05, 4.69) is 49.9 Å². The number of hydrogen-bond donors (Lipinski definition) is 1. The summed E-state index contributed by atoms with van der Waals surface area (Å²) in [6.07, 6.45) is 1.52. The molecule has 1 fully saturated rings. The van der Waals surface area contributed by atoms with Crippen molar-refractivity contribution in [3.8, 4) is 17.2 Å². The van der Waals surface area contributed by atoms with Crippen molar-refractivity contribution >= 4 is 28.9 Å². The number of ether oxygens (including phenoxy) is 1. The minimum absolute atomic E-state index is 0. The van der Waals surface area contributed by atoms with Gasteiger partial charge < -0.3 is 9.64 Å². The molecule has 3 aromatic heterocycles. The third-order valence-electron chi connectivity index (χ3n) is 4.09. The molecule has 0 spiro atoms. The van der Waals surface area contributed by atoms with Crippen LogP contribution < -0.4 is 4.90 Å². The second-order valence-electron chi connectivity index (χ2n) is 5.54. The quantitative estimate of drug-likeness (QED) is 0.771. The summed E-state index contributed by atoms with van der Waals surface area (Å²) in [7, 11) is 0. The Morgan fingerprint density at radius 3 is 2.75 bits per heavy atom. The maximum atomic E-state index is 5.41. The zero-order valence-corrected chi connectivity index (χ0v) is 15.2. The van der Waals surface area contributed by atoms with Crippen molar-refractivity contribution in [1.29, 1.82) is 0 Å². The second kappa shape index (κ2) is 6.92. The molecule has 0 amide bonds. The minimum Gasteiger partial charge on any atom is -0.378 e. The monoisotopic (exact) mass is 366 g/mol. The Morgan fingerprint density at radius 1 is 1.25 bits per heavy atom. The number of aromatic amines is 1. The predicted octanol–water partition coefficient (Wildman–Crippen LogP) is 2.59. The Hall–Kier alpha value is -1.90. The Bertz CT molecular complexity index is 806. The van der Waals surface area contributed by atoms with Gasteiger partial charge in [0.1, 0.15) is 6.33 Å². The van der Waals surface area contributed by atoms with Gasteiger partial charge >= 0.3 is 0 Å². The summed E-state index contributed by atoms with van der Waals surface area (Å²) in [6.45, 7) is 7.50. The molecule has 0 atom stereocenters. The molecule has 0 unspecified atom stereocenters. The summed E-state index contributed by atoms with van der Waals surface area (Å²) >= 11 is 1.69. The van der Waals surface area contributed by atoms with Gasteiger partial charge in [-0.15, -0.1) is 23.7 Å². The van der Waals surface area contributed by atoms with E-state index >= 15 is 0 Å². The highest BCUT2D eigenvalue weighted by Gasteiger charge is 2.19. The number of nitrogens with one attached hydrogen (secondary N) is 1. The van der Waals surface area contributed by atoms with Crippen molar-refractivity contribution in [2.24, 2.45) is 0 Å². The maximum Gasteiger partial charge on any atom is 0.229 e. The van der Waals surface area contributed by atoms with Crippen LogP contribution in [0.2, 0.25) is 0 Å². The number of nitrogens with zero attached hydrogens (tertiary/aromatic N) is 5. The Morgan fingerprint density at radius 2 is 2.04 bits per heavy atom. The lowest BCUT2D eigenvalue weighted by molar-refractivity contribution is 0.122. The first-order valence-corrected chi connectivity index (χ1v) is 8.45. The molecule has 24 heavy (non-hydrogen) atoms. The van der Waals surface area contributed by atoms with E-state index in [1.807, 2.05) is 0 Å². The average molecular weight is 367 g/mol. The van der Waals surface area contributed by atoms with Gasteiger partial charge in [-0.05, 0) is 19.9 Å². The third kappa shape index (κ3) is 2.92. The van der Waals surface area contributed by atoms with E-state index in [-0.39, 0.29) is 12.4 Å². The van der Waals surface area contributed by atoms with E-state index < -0.39 is 0 Å². The molecule has 4 heterocycles. The van der Waals surface area contributed by atoms with Gasteiger partial charge in [0.2, 0.25) is 5.95 Å². The molecule has 0 aromatic carbocycles. The number of morpholine rings is 1. The molecular weight excluding hydrogens is 348 g/mol. The highest BCUT2D eigenvalue weighted by molar-refractivity contribution is 7.14. The largest absolute Gasteiger partial charge is 0.378 e. The van der Waals surface area contributed by atoms with Crippen LogP contribution in [0.5, 0.6) is 0 Å². The minimum atomic E-state index is 0. The molecule has 0 aliphatic carbocycles. The van der Waals surface area contributed by atoms with Crippen molar-refractivity contribution in [3.63, 3.8) is 0 Å². The topological polar surface area (TPSA) is 71.9 Å². The molecule has 0 bridgehead atoms. The van der Waals surface area contributed by atoms with E-state index in [1.54, 1.807) is 11.3 Å². The number of hydrogen-bond acceptors (Lipinski definition) is 6. The lowest BCUT2D eigenvalue weighted by Crippen LogP contribution is -2.36. The summed E-state index contributed by atoms with van der Waals surface area (Å²) in [5, 5.41) is 10.0. The van der Waals surface area contributed by atoms with Gasteiger partial charge in [-0.2, -0.15) is 10.1 Å². The maximum absolute atomic E-state index is 5.41. The number of aryl methyl sites for hydroxylation is 1. The Labute approximate surface area is 150 Å². The normalized spacial score (nSPS) is 14.7. The lowest BCUT2D eigenvalue weighted by Gasteiger charge is -2.26. The molecule has 7 nitrogen and oxygen atoms in total. The average Bonchev–Trinajstić information content (AvgIpc) is 3.29. The van der Waals surface area contributed by atoms with Crippen LogP contribution in [0.1, 0.15) is 11.4 Å². The summed E-state index contributed by atoms with van der Waals surface area (Å²) in [5.74, 6) is 0.731. The van der Waals surface area contributed by atoms with Gasteiger partial charge in [0.15, 0.2) is 5.13 Å². The molecule has 9 heteroatoms. The number of thiazole rings is 1. The van der Waals surface area contributed by atoms with Gasteiger partial charge in [-0.25, -0.2) is 10.1 Å². The number of aromatic nitrogens is 5. The Kier molecular flexibility index (Phi) is 4.88. The molecule has 1 aliphatic heterocycles. The van der Waals surface area contributed by atoms with Crippen molar-refractivity contribution in [3.05, 3.63) is 29.2 Å². The Balaban J connectivity index is 0.00000169. The smallest absolute Gasteiger partial charge is 0.229 e. The van der Waals surface area contributed by atoms with Crippen LogP contribution in [0, 0.1) is 13.8 Å². The first kappa shape index (κ1) is 16.9. The summed E-state index contributed by atoms with van der Waals surface area (Å²) in [5.41, 5.74) is 4.36. The molecule has 1 saturated heterocycles. The van der Waals surface area contributed by atoms with Crippen LogP contribution in [-0.4, -0.2) is 51.0 Å². The number of anilines is 1. The molecule has 1 aliphatic rings. The lowest BCUT2D eigenvalue weighted by atomic mass is 10.2. The third-order valence-corrected chi connectivity index (χ3v) is 5.00. The van der Waals surface area contributed by atoms with Gasteiger partial charge in [0.25, 0.3) is 0 Å². The first-order chi connectivity index (χ1) is 11.2. The number of rotatable bonds is 3. The summed E-state index contributed by atoms with van der Waals surface area (Å²) < 4.78 is 7.47. The van der Waals surface area contributed by atoms with Crippen LogP contribution in [0.3, 0.4) is 0 Å². The number of H-pyrrole nitrogens is 1. The molecule has 3 aromatic rings. The van der Waals surface area contributed by atoms with E-state index in [0.29, 0.717) is 0 Å². The van der Waals surface area contributed by atoms with Crippen molar-refractivity contribution in [2.75, 3.05) is 31.2 Å². The van der Waals surface area contributed by atoms with Crippen molar-refractivity contribution in [1.82, 2.24) is 24.7 Å². The zero-order valence-electron chi connectivity index (χ0n) is 13.5. The van der Waals surface area contributed by atoms with Crippen molar-refractivity contribution < 1.29 is 4.74 Å². The standard InChI is InChI=1S/C15H18N6OS.ClH/c1-10-7-12(11(2)21(10)14-16-9-17-19-14)13-8-23-15(18-13)20-3-5-22-6-4-20;/h7-9H,3-6H2,1-2H3,(H,16,17,19);1H.